The molecule has 3 unspecified atom stereocenters. The lowest BCUT2D eigenvalue weighted by Crippen LogP contribution is -2.53. The van der Waals surface area contributed by atoms with E-state index in [-0.39, 0.29) is 30.6 Å². The molecule has 140 valence electrons. The number of morpholine rings is 1. The van der Waals surface area contributed by atoms with Gasteiger partial charge in [-0.3, -0.25) is 4.79 Å². The maximum absolute atomic E-state index is 12.9. The van der Waals surface area contributed by atoms with Gasteiger partial charge in [0.2, 0.25) is 5.91 Å². The van der Waals surface area contributed by atoms with Gasteiger partial charge in [0.15, 0.2) is 0 Å². The SMILES string of the molecule is CC1CN(C(=O)C2CCCN(S(=O)(=O)c3ccc(Br)s3)C2)CC(C)O1. The van der Waals surface area contributed by atoms with Gasteiger partial charge in [-0.15, -0.1) is 11.3 Å². The van der Waals surface area contributed by atoms with Crippen molar-refractivity contribution >= 4 is 43.2 Å². The average molecular weight is 451 g/mol. The van der Waals surface area contributed by atoms with E-state index in [9.17, 15) is 13.2 Å². The highest BCUT2D eigenvalue weighted by atomic mass is 79.9. The first kappa shape index (κ1) is 19.3. The molecule has 0 spiro atoms. The van der Waals surface area contributed by atoms with E-state index in [0.29, 0.717) is 30.3 Å². The monoisotopic (exact) mass is 450 g/mol. The number of hydrogen-bond donors (Lipinski definition) is 0. The Morgan fingerprint density at radius 2 is 1.92 bits per heavy atom. The molecule has 25 heavy (non-hydrogen) atoms. The maximum Gasteiger partial charge on any atom is 0.252 e. The second kappa shape index (κ2) is 7.64. The number of carbonyl (C=O) groups excluding carboxylic acids is 1. The quantitative estimate of drug-likeness (QED) is 0.709. The van der Waals surface area contributed by atoms with Gasteiger partial charge < -0.3 is 9.64 Å². The summed E-state index contributed by atoms with van der Waals surface area (Å²) in [4.78, 5) is 14.7. The minimum absolute atomic E-state index is 0.0135. The molecule has 6 nitrogen and oxygen atoms in total. The zero-order valence-corrected chi connectivity index (χ0v) is 17.6. The van der Waals surface area contributed by atoms with Crippen molar-refractivity contribution in [1.82, 2.24) is 9.21 Å². The summed E-state index contributed by atoms with van der Waals surface area (Å²) in [6.45, 7) is 5.80. The molecule has 0 aliphatic carbocycles. The molecule has 2 fully saturated rings. The number of sulfonamides is 1. The van der Waals surface area contributed by atoms with E-state index >= 15 is 0 Å². The summed E-state index contributed by atoms with van der Waals surface area (Å²) >= 11 is 4.51. The zero-order valence-electron chi connectivity index (χ0n) is 14.4. The van der Waals surface area contributed by atoms with E-state index in [0.717, 1.165) is 10.2 Å². The first-order valence-corrected chi connectivity index (χ1v) is 11.5. The Hall–Kier alpha value is -0.480. The molecular formula is C16H23BrN2O4S2. The minimum Gasteiger partial charge on any atom is -0.372 e. The van der Waals surface area contributed by atoms with Gasteiger partial charge in [0.25, 0.3) is 10.0 Å². The van der Waals surface area contributed by atoms with Crippen molar-refractivity contribution < 1.29 is 17.9 Å². The molecule has 9 heteroatoms. The molecule has 0 aromatic carbocycles. The van der Waals surface area contributed by atoms with E-state index in [1.54, 1.807) is 12.1 Å². The van der Waals surface area contributed by atoms with Gasteiger partial charge in [0, 0.05) is 26.2 Å². The van der Waals surface area contributed by atoms with Gasteiger partial charge in [-0.05, 0) is 54.8 Å². The second-order valence-corrected chi connectivity index (χ2v) is 11.4. The molecule has 3 atom stereocenters. The molecule has 3 rings (SSSR count). The van der Waals surface area contributed by atoms with Crippen molar-refractivity contribution in [3.05, 3.63) is 15.9 Å². The van der Waals surface area contributed by atoms with Gasteiger partial charge >= 0.3 is 0 Å². The van der Waals surface area contributed by atoms with Crippen molar-refractivity contribution in [1.29, 1.82) is 0 Å². The number of halogens is 1. The number of piperidine rings is 1. The summed E-state index contributed by atoms with van der Waals surface area (Å²) in [7, 11) is -3.53. The standard InChI is InChI=1S/C16H23BrN2O4S2/c1-11-8-18(9-12(2)23-11)16(20)13-4-3-7-19(10-13)25(21,22)15-6-5-14(17)24-15/h5-6,11-13H,3-4,7-10H2,1-2H3. The first-order chi connectivity index (χ1) is 11.8. The number of thiophene rings is 1. The molecule has 1 amide bonds. The fourth-order valence-electron chi connectivity index (χ4n) is 3.54. The Morgan fingerprint density at radius 3 is 2.52 bits per heavy atom. The van der Waals surface area contributed by atoms with Crippen molar-refractivity contribution in [2.75, 3.05) is 26.2 Å². The molecule has 0 N–H and O–H groups in total. The molecule has 0 radical (unpaired) electrons. The van der Waals surface area contributed by atoms with Crippen LogP contribution in [0.1, 0.15) is 26.7 Å². The molecule has 2 aliphatic rings. The van der Waals surface area contributed by atoms with Crippen LogP contribution < -0.4 is 0 Å². The summed E-state index contributed by atoms with van der Waals surface area (Å²) in [5.74, 6) is -0.223. The van der Waals surface area contributed by atoms with Crippen LogP contribution in [0.3, 0.4) is 0 Å². The summed E-state index contributed by atoms with van der Waals surface area (Å²) in [6, 6.07) is 3.35. The number of hydrogen-bond acceptors (Lipinski definition) is 5. The zero-order chi connectivity index (χ0) is 18.2. The lowest BCUT2D eigenvalue weighted by molar-refractivity contribution is -0.148. The summed E-state index contributed by atoms with van der Waals surface area (Å²) in [5.41, 5.74) is 0. The van der Waals surface area contributed by atoms with E-state index in [1.165, 1.54) is 15.6 Å². The van der Waals surface area contributed by atoms with Crippen LogP contribution >= 0.6 is 27.3 Å². The van der Waals surface area contributed by atoms with Gasteiger partial charge in [0.05, 0.1) is 21.9 Å². The van der Waals surface area contributed by atoms with Crippen molar-refractivity contribution in [2.45, 2.75) is 43.1 Å². The summed E-state index contributed by atoms with van der Waals surface area (Å²) in [5, 5.41) is 0. The number of amides is 1. The lowest BCUT2D eigenvalue weighted by atomic mass is 9.97. The topological polar surface area (TPSA) is 66.9 Å². The second-order valence-electron chi connectivity index (χ2n) is 6.76. The van der Waals surface area contributed by atoms with Crippen LogP contribution in [0.25, 0.3) is 0 Å². The van der Waals surface area contributed by atoms with Crippen molar-refractivity contribution in [3.8, 4) is 0 Å². The molecule has 0 bridgehead atoms. The number of nitrogens with zero attached hydrogens (tertiary/aromatic N) is 2. The highest BCUT2D eigenvalue weighted by Gasteiger charge is 2.37. The lowest BCUT2D eigenvalue weighted by Gasteiger charge is -2.39. The normalized spacial score (nSPS) is 28.9. The van der Waals surface area contributed by atoms with E-state index < -0.39 is 10.0 Å². The van der Waals surface area contributed by atoms with Crippen molar-refractivity contribution in [2.24, 2.45) is 5.92 Å². The highest BCUT2D eigenvalue weighted by Crippen LogP contribution is 2.31. The van der Waals surface area contributed by atoms with Crippen LogP contribution in [0.5, 0.6) is 0 Å². The fraction of sp³-hybridized carbons (Fsp3) is 0.688. The Morgan fingerprint density at radius 1 is 1.24 bits per heavy atom. The molecule has 0 saturated carbocycles. The fourth-order valence-corrected chi connectivity index (χ4v) is 7.23. The third-order valence-corrected chi connectivity index (χ3v) is 8.56. The van der Waals surface area contributed by atoms with Gasteiger partial charge in [-0.25, -0.2) is 8.42 Å². The van der Waals surface area contributed by atoms with E-state index in [2.05, 4.69) is 15.9 Å². The molecule has 2 aliphatic heterocycles. The van der Waals surface area contributed by atoms with Gasteiger partial charge in [0.1, 0.15) is 4.21 Å². The minimum atomic E-state index is -3.53. The predicted molar refractivity (Wildman–Crippen MR) is 100 cm³/mol. The van der Waals surface area contributed by atoms with Gasteiger partial charge in [-0.2, -0.15) is 4.31 Å². The van der Waals surface area contributed by atoms with Gasteiger partial charge in [-0.1, -0.05) is 0 Å². The van der Waals surface area contributed by atoms with E-state index in [4.69, 9.17) is 4.74 Å². The van der Waals surface area contributed by atoms with Crippen LogP contribution in [0, 0.1) is 5.92 Å². The largest absolute Gasteiger partial charge is 0.372 e. The molecule has 3 heterocycles. The van der Waals surface area contributed by atoms with Crippen LogP contribution in [-0.2, 0) is 19.6 Å². The van der Waals surface area contributed by atoms with Crippen LogP contribution in [0.2, 0.25) is 0 Å². The number of ether oxygens (including phenoxy) is 1. The highest BCUT2D eigenvalue weighted by molar-refractivity contribution is 9.11. The molecule has 1 aromatic heterocycles. The van der Waals surface area contributed by atoms with Crippen LogP contribution in [0.4, 0.5) is 0 Å². The Kier molecular flexibility index (Phi) is 5.89. The number of carbonyl (C=O) groups is 1. The summed E-state index contributed by atoms with van der Waals surface area (Å²) < 4.78 is 33.9. The molecule has 1 aromatic rings. The Balaban J connectivity index is 1.71. The Bertz CT molecular complexity index is 726. The van der Waals surface area contributed by atoms with Crippen LogP contribution in [-0.4, -0.2) is 61.9 Å². The third-order valence-electron chi connectivity index (χ3n) is 4.61. The molecular weight excluding hydrogens is 428 g/mol. The average Bonchev–Trinajstić information content (AvgIpc) is 3.00. The third kappa shape index (κ3) is 4.27. The maximum atomic E-state index is 12.9. The van der Waals surface area contributed by atoms with Crippen LogP contribution in [0.15, 0.2) is 20.1 Å². The first-order valence-electron chi connectivity index (χ1n) is 8.47. The molecule has 2 saturated heterocycles. The van der Waals surface area contributed by atoms with Crippen molar-refractivity contribution in [3.63, 3.8) is 0 Å². The smallest absolute Gasteiger partial charge is 0.252 e. The number of rotatable bonds is 3. The van der Waals surface area contributed by atoms with E-state index in [1.807, 2.05) is 18.7 Å². The Labute approximate surface area is 161 Å². The summed E-state index contributed by atoms with van der Waals surface area (Å²) in [6.07, 6.45) is 1.47. The predicted octanol–water partition coefficient (Wildman–Crippen LogP) is 2.55.